The van der Waals surface area contributed by atoms with E-state index in [9.17, 15) is 4.79 Å². The lowest BCUT2D eigenvalue weighted by atomic mass is 10.1. The molecule has 0 aromatic rings. The fourth-order valence-corrected chi connectivity index (χ4v) is 3.23. The Balaban J connectivity index is 0.00000324. The number of hydrogen-bond acceptors (Lipinski definition) is 3. The third kappa shape index (κ3) is 7.42. The number of rotatable bonds is 7. The second-order valence-corrected chi connectivity index (χ2v) is 6.47. The van der Waals surface area contributed by atoms with E-state index < -0.39 is 0 Å². The first-order chi connectivity index (χ1) is 8.65. The summed E-state index contributed by atoms with van der Waals surface area (Å²) >= 11 is 1.95. The zero-order chi connectivity index (χ0) is 13.4. The Hall–Kier alpha value is 0.0700. The number of carbonyl (C=O) groups is 1. The molecule has 1 aliphatic heterocycles. The summed E-state index contributed by atoms with van der Waals surface area (Å²) in [6, 6.07) is 0.703. The maximum Gasteiger partial charge on any atom is 0.224 e. The van der Waals surface area contributed by atoms with Crippen LogP contribution in [-0.2, 0) is 4.79 Å². The molecule has 0 spiro atoms. The van der Waals surface area contributed by atoms with Gasteiger partial charge in [-0.25, -0.2) is 0 Å². The van der Waals surface area contributed by atoms with E-state index in [4.69, 9.17) is 0 Å². The number of thioether (sulfide) groups is 1. The molecule has 0 aromatic heterocycles. The van der Waals surface area contributed by atoms with Crippen LogP contribution in [0.15, 0.2) is 0 Å². The number of hydrogen-bond donors (Lipinski definition) is 1. The molecular weight excluding hydrogens is 280 g/mol. The molecule has 1 heterocycles. The van der Waals surface area contributed by atoms with Crippen LogP contribution < -0.4 is 5.32 Å². The van der Waals surface area contributed by atoms with Crippen LogP contribution >= 0.6 is 24.2 Å². The lowest BCUT2D eigenvalue weighted by Gasteiger charge is -2.30. The Morgan fingerprint density at radius 2 is 2.16 bits per heavy atom. The number of amides is 1. The Kier molecular flexibility index (Phi) is 10.8. The quantitative estimate of drug-likeness (QED) is 0.734. The molecular formula is C14H29ClN2OS. The fourth-order valence-electron chi connectivity index (χ4n) is 2.28. The smallest absolute Gasteiger partial charge is 0.224 e. The molecule has 114 valence electrons. The van der Waals surface area contributed by atoms with Crippen molar-refractivity contribution in [1.29, 1.82) is 0 Å². The van der Waals surface area contributed by atoms with E-state index in [2.05, 4.69) is 31.0 Å². The van der Waals surface area contributed by atoms with E-state index in [1.165, 1.54) is 18.6 Å². The molecule has 19 heavy (non-hydrogen) atoms. The lowest BCUT2D eigenvalue weighted by Crippen LogP contribution is -2.44. The van der Waals surface area contributed by atoms with E-state index in [0.717, 1.165) is 25.3 Å². The maximum absolute atomic E-state index is 12.3. The number of carbonyl (C=O) groups excluding carboxylic acids is 1. The van der Waals surface area contributed by atoms with Crippen molar-refractivity contribution in [2.24, 2.45) is 0 Å². The molecule has 1 fully saturated rings. The molecule has 0 radical (unpaired) electrons. The third-order valence-electron chi connectivity index (χ3n) is 3.37. The molecule has 0 saturated carbocycles. The van der Waals surface area contributed by atoms with Crippen molar-refractivity contribution < 1.29 is 4.79 Å². The van der Waals surface area contributed by atoms with Gasteiger partial charge in [0.15, 0.2) is 0 Å². The minimum Gasteiger partial charge on any atom is -0.340 e. The zero-order valence-electron chi connectivity index (χ0n) is 12.5. The minimum absolute atomic E-state index is 0. The van der Waals surface area contributed by atoms with Crippen LogP contribution in [-0.4, -0.2) is 47.5 Å². The molecule has 1 N–H and O–H groups in total. The molecule has 5 heteroatoms. The van der Waals surface area contributed by atoms with E-state index in [1.807, 2.05) is 11.8 Å². The summed E-state index contributed by atoms with van der Waals surface area (Å²) in [5, 5.41) is 3.44. The molecule has 1 atom stereocenters. The van der Waals surface area contributed by atoms with Crippen molar-refractivity contribution >= 4 is 30.1 Å². The predicted molar refractivity (Wildman–Crippen MR) is 87.4 cm³/mol. The van der Waals surface area contributed by atoms with Crippen molar-refractivity contribution in [3.63, 3.8) is 0 Å². The Labute approximate surface area is 128 Å². The van der Waals surface area contributed by atoms with Gasteiger partial charge in [-0.1, -0.05) is 19.8 Å². The highest BCUT2D eigenvalue weighted by Crippen LogP contribution is 2.13. The predicted octanol–water partition coefficient (Wildman–Crippen LogP) is 2.93. The van der Waals surface area contributed by atoms with Crippen LogP contribution in [0.4, 0.5) is 0 Å². The standard InChI is InChI=1S/C14H28N2OS.ClH/c1-4-5-6-8-16(12(2)3)14(17)10-13-11-18-9-7-15-13;/h12-13,15H,4-11H2,1-3H3;1H. The zero-order valence-corrected chi connectivity index (χ0v) is 14.1. The fraction of sp³-hybridized carbons (Fsp3) is 0.929. The number of nitrogens with zero attached hydrogens (tertiary/aromatic N) is 1. The van der Waals surface area contributed by atoms with Crippen LogP contribution in [0.2, 0.25) is 0 Å². The second kappa shape index (κ2) is 10.8. The van der Waals surface area contributed by atoms with Gasteiger partial charge in [-0.2, -0.15) is 11.8 Å². The first-order valence-corrected chi connectivity index (χ1v) is 8.41. The summed E-state index contributed by atoms with van der Waals surface area (Å²) in [7, 11) is 0. The van der Waals surface area contributed by atoms with Gasteiger partial charge in [-0.3, -0.25) is 4.79 Å². The molecule has 0 aliphatic carbocycles. The van der Waals surface area contributed by atoms with E-state index in [-0.39, 0.29) is 12.4 Å². The van der Waals surface area contributed by atoms with Gasteiger partial charge in [0.2, 0.25) is 5.91 Å². The molecule has 3 nitrogen and oxygen atoms in total. The van der Waals surface area contributed by atoms with Gasteiger partial charge in [-0.15, -0.1) is 12.4 Å². The highest BCUT2D eigenvalue weighted by Gasteiger charge is 2.22. The molecule has 1 amide bonds. The van der Waals surface area contributed by atoms with Gasteiger partial charge in [-0.05, 0) is 20.3 Å². The van der Waals surface area contributed by atoms with Crippen LogP contribution in [0, 0.1) is 0 Å². The molecule has 0 bridgehead atoms. The number of unbranched alkanes of at least 4 members (excludes halogenated alkanes) is 2. The van der Waals surface area contributed by atoms with E-state index in [1.54, 1.807) is 0 Å². The Morgan fingerprint density at radius 3 is 2.68 bits per heavy atom. The molecule has 1 rings (SSSR count). The summed E-state index contributed by atoms with van der Waals surface area (Å²) in [5.74, 6) is 2.57. The van der Waals surface area contributed by atoms with Crippen molar-refractivity contribution in [1.82, 2.24) is 10.2 Å². The summed E-state index contributed by atoms with van der Waals surface area (Å²) in [5.41, 5.74) is 0. The topological polar surface area (TPSA) is 32.3 Å². The van der Waals surface area contributed by atoms with Gasteiger partial charge >= 0.3 is 0 Å². The maximum atomic E-state index is 12.3. The monoisotopic (exact) mass is 308 g/mol. The normalized spacial score (nSPS) is 19.1. The second-order valence-electron chi connectivity index (χ2n) is 5.32. The lowest BCUT2D eigenvalue weighted by molar-refractivity contribution is -0.133. The van der Waals surface area contributed by atoms with Gasteiger partial charge < -0.3 is 10.2 Å². The first-order valence-electron chi connectivity index (χ1n) is 7.25. The SMILES string of the molecule is CCCCCN(C(=O)CC1CSCCN1)C(C)C.Cl. The van der Waals surface area contributed by atoms with Crippen molar-refractivity contribution in [2.45, 2.75) is 58.5 Å². The summed E-state index contributed by atoms with van der Waals surface area (Å²) in [6.45, 7) is 8.40. The van der Waals surface area contributed by atoms with Crippen molar-refractivity contribution in [2.75, 3.05) is 24.6 Å². The number of halogens is 1. The number of nitrogens with one attached hydrogen (secondary N) is 1. The van der Waals surface area contributed by atoms with Crippen molar-refractivity contribution in [3.8, 4) is 0 Å². The third-order valence-corrected chi connectivity index (χ3v) is 4.50. The minimum atomic E-state index is 0. The molecule has 1 aliphatic rings. The van der Waals surface area contributed by atoms with Gasteiger partial charge in [0.1, 0.15) is 0 Å². The van der Waals surface area contributed by atoms with Crippen LogP contribution in [0.25, 0.3) is 0 Å². The Bertz CT molecular complexity index is 246. The van der Waals surface area contributed by atoms with Crippen LogP contribution in [0.1, 0.15) is 46.5 Å². The highest BCUT2D eigenvalue weighted by atomic mass is 35.5. The average molecular weight is 309 g/mol. The highest BCUT2D eigenvalue weighted by molar-refractivity contribution is 7.99. The van der Waals surface area contributed by atoms with Crippen molar-refractivity contribution in [3.05, 3.63) is 0 Å². The van der Waals surface area contributed by atoms with E-state index >= 15 is 0 Å². The van der Waals surface area contributed by atoms with Crippen LogP contribution in [0.5, 0.6) is 0 Å². The summed E-state index contributed by atoms with van der Waals surface area (Å²) < 4.78 is 0. The van der Waals surface area contributed by atoms with Crippen LogP contribution in [0.3, 0.4) is 0 Å². The van der Waals surface area contributed by atoms with Gasteiger partial charge in [0.05, 0.1) is 0 Å². The van der Waals surface area contributed by atoms with E-state index in [0.29, 0.717) is 24.4 Å². The molecule has 1 saturated heterocycles. The average Bonchev–Trinajstić information content (AvgIpc) is 2.35. The molecule has 1 unspecified atom stereocenters. The largest absolute Gasteiger partial charge is 0.340 e. The Morgan fingerprint density at radius 1 is 1.42 bits per heavy atom. The summed E-state index contributed by atoms with van der Waals surface area (Å²) in [4.78, 5) is 14.4. The first kappa shape index (κ1) is 19.1. The summed E-state index contributed by atoms with van der Waals surface area (Å²) in [6.07, 6.45) is 4.22. The van der Waals surface area contributed by atoms with Gasteiger partial charge in [0, 0.05) is 43.1 Å². The molecule has 0 aromatic carbocycles. The van der Waals surface area contributed by atoms with Gasteiger partial charge in [0.25, 0.3) is 0 Å².